The van der Waals surface area contributed by atoms with Gasteiger partial charge in [-0.1, -0.05) is 0 Å². The minimum absolute atomic E-state index is 0.188. The van der Waals surface area contributed by atoms with E-state index in [9.17, 15) is 4.79 Å². The van der Waals surface area contributed by atoms with Crippen LogP contribution in [-0.4, -0.2) is 37.8 Å². The van der Waals surface area contributed by atoms with Crippen molar-refractivity contribution in [3.8, 4) is 0 Å². The van der Waals surface area contributed by atoms with Crippen LogP contribution in [0.5, 0.6) is 0 Å². The van der Waals surface area contributed by atoms with Crippen molar-refractivity contribution >= 4 is 34.5 Å². The molecule has 0 fully saturated rings. The number of halogens is 1. The van der Waals surface area contributed by atoms with E-state index in [2.05, 4.69) is 44.1 Å². The van der Waals surface area contributed by atoms with Gasteiger partial charge in [0.05, 0.1) is 15.9 Å². The molecule has 6 nitrogen and oxygen atoms in total. The second-order valence-electron chi connectivity index (χ2n) is 4.35. The molecular weight excluding hydrogens is 342 g/mol. The zero-order chi connectivity index (χ0) is 14.7. The van der Waals surface area contributed by atoms with Gasteiger partial charge < -0.3 is 5.32 Å². The average Bonchev–Trinajstić information content (AvgIpc) is 2.98. The Kier molecular flexibility index (Phi) is 4.87. The number of carbonyl (C=O) groups excluding carboxylic acids is 1. The van der Waals surface area contributed by atoms with Gasteiger partial charge in [0, 0.05) is 18.5 Å². The second kappa shape index (κ2) is 6.45. The lowest BCUT2D eigenvalue weighted by Gasteiger charge is -2.04. The van der Waals surface area contributed by atoms with E-state index in [0.717, 1.165) is 15.9 Å². The Bertz CT molecular complexity index is 621. The number of nitrogens with zero attached hydrogens (tertiary/aromatic N) is 4. The summed E-state index contributed by atoms with van der Waals surface area (Å²) in [7, 11) is 0. The van der Waals surface area contributed by atoms with Crippen LogP contribution in [0.2, 0.25) is 0 Å². The fourth-order valence-electron chi connectivity index (χ4n) is 1.77. The van der Waals surface area contributed by atoms with Gasteiger partial charge in [-0.3, -0.25) is 9.48 Å². The average molecular weight is 358 g/mol. The molecule has 8 heteroatoms. The Morgan fingerprint density at radius 3 is 2.80 bits per heavy atom. The number of nitrogens with one attached hydrogen (secondary N) is 1. The van der Waals surface area contributed by atoms with Gasteiger partial charge >= 0.3 is 0 Å². The molecule has 0 aliphatic carbocycles. The first-order valence-corrected chi connectivity index (χ1v) is 7.57. The molecule has 2 aromatic heterocycles. The summed E-state index contributed by atoms with van der Waals surface area (Å²) in [6, 6.07) is 1.69. The van der Waals surface area contributed by atoms with Crippen molar-refractivity contribution < 1.29 is 4.79 Å². The van der Waals surface area contributed by atoms with E-state index in [4.69, 9.17) is 0 Å². The van der Waals surface area contributed by atoms with Gasteiger partial charge in [-0.05, 0) is 35.8 Å². The van der Waals surface area contributed by atoms with Crippen molar-refractivity contribution in [3.05, 3.63) is 33.8 Å². The highest BCUT2D eigenvalue weighted by molar-refractivity contribution is 9.10. The van der Waals surface area contributed by atoms with Gasteiger partial charge in [0.15, 0.2) is 0 Å². The van der Waals surface area contributed by atoms with Gasteiger partial charge in [0.1, 0.15) is 12.4 Å². The maximum Gasteiger partial charge on any atom is 0.271 e. The predicted octanol–water partition coefficient (Wildman–Crippen LogP) is 1.62. The van der Waals surface area contributed by atoms with E-state index >= 15 is 0 Å². The number of thiol groups is 1. The molecule has 0 aliphatic rings. The highest BCUT2D eigenvalue weighted by atomic mass is 79.9. The van der Waals surface area contributed by atoms with Crippen LogP contribution in [0.15, 0.2) is 16.7 Å². The Hall–Kier alpha value is -1.28. The number of hydrogen-bond acceptors (Lipinski definition) is 4. The summed E-state index contributed by atoms with van der Waals surface area (Å²) in [5, 5.41) is 11.4. The minimum atomic E-state index is -0.188. The summed E-state index contributed by atoms with van der Waals surface area (Å²) >= 11 is 7.53. The lowest BCUT2D eigenvalue weighted by Crippen LogP contribution is -2.26. The van der Waals surface area contributed by atoms with Crippen LogP contribution in [0.4, 0.5) is 0 Å². The molecule has 0 aliphatic heterocycles. The SMILES string of the molecule is Cc1nn(Cn2ccc(C(=O)NCCS)n2)c(C)c1Br. The van der Waals surface area contributed by atoms with E-state index in [0.29, 0.717) is 24.7 Å². The summed E-state index contributed by atoms with van der Waals surface area (Å²) in [4.78, 5) is 11.7. The molecular formula is C12H16BrN5OS. The zero-order valence-electron chi connectivity index (χ0n) is 11.3. The van der Waals surface area contributed by atoms with Crippen molar-refractivity contribution in [1.82, 2.24) is 24.9 Å². The fraction of sp³-hybridized carbons (Fsp3) is 0.417. The van der Waals surface area contributed by atoms with Gasteiger partial charge in [-0.15, -0.1) is 0 Å². The number of aryl methyl sites for hydroxylation is 1. The maximum atomic E-state index is 11.7. The lowest BCUT2D eigenvalue weighted by atomic mass is 10.4. The number of amides is 1. The first-order chi connectivity index (χ1) is 9.52. The summed E-state index contributed by atoms with van der Waals surface area (Å²) in [5.74, 6) is 0.416. The molecule has 0 spiro atoms. The standard InChI is InChI=1S/C12H16BrN5OS/c1-8-11(13)9(2)18(15-8)7-17-5-3-10(16-17)12(19)14-4-6-20/h3,5,20H,4,6-7H2,1-2H3,(H,14,19). The Morgan fingerprint density at radius 2 is 2.20 bits per heavy atom. The van der Waals surface area contributed by atoms with Gasteiger partial charge in [0.2, 0.25) is 0 Å². The smallest absolute Gasteiger partial charge is 0.271 e. The number of rotatable bonds is 5. The number of hydrogen-bond donors (Lipinski definition) is 2. The van der Waals surface area contributed by atoms with Crippen molar-refractivity contribution in [1.29, 1.82) is 0 Å². The van der Waals surface area contributed by atoms with Crippen LogP contribution in [0, 0.1) is 13.8 Å². The summed E-state index contributed by atoms with van der Waals surface area (Å²) in [5.41, 5.74) is 2.35. The highest BCUT2D eigenvalue weighted by Gasteiger charge is 2.11. The van der Waals surface area contributed by atoms with Crippen LogP contribution >= 0.6 is 28.6 Å². The molecule has 2 aromatic rings. The molecule has 0 saturated heterocycles. The number of aromatic nitrogens is 4. The monoisotopic (exact) mass is 357 g/mol. The Labute approximate surface area is 131 Å². The lowest BCUT2D eigenvalue weighted by molar-refractivity contribution is 0.0950. The van der Waals surface area contributed by atoms with Crippen LogP contribution < -0.4 is 5.32 Å². The van der Waals surface area contributed by atoms with Crippen molar-refractivity contribution in [3.63, 3.8) is 0 Å². The van der Waals surface area contributed by atoms with Crippen LogP contribution in [0.1, 0.15) is 21.9 Å². The summed E-state index contributed by atoms with van der Waals surface area (Å²) < 4.78 is 4.51. The maximum absolute atomic E-state index is 11.7. The third kappa shape index (κ3) is 3.24. The van der Waals surface area contributed by atoms with Gasteiger partial charge in [-0.2, -0.15) is 22.8 Å². The van der Waals surface area contributed by atoms with Crippen LogP contribution in [0.3, 0.4) is 0 Å². The first-order valence-electron chi connectivity index (χ1n) is 6.15. The molecule has 0 unspecified atom stereocenters. The minimum Gasteiger partial charge on any atom is -0.350 e. The third-order valence-electron chi connectivity index (χ3n) is 2.84. The van der Waals surface area contributed by atoms with Crippen molar-refractivity contribution in [2.45, 2.75) is 20.5 Å². The molecule has 0 atom stereocenters. The van der Waals surface area contributed by atoms with E-state index in [1.54, 1.807) is 16.9 Å². The van der Waals surface area contributed by atoms with Crippen molar-refractivity contribution in [2.75, 3.05) is 12.3 Å². The highest BCUT2D eigenvalue weighted by Crippen LogP contribution is 2.19. The van der Waals surface area contributed by atoms with Crippen molar-refractivity contribution in [2.24, 2.45) is 0 Å². The zero-order valence-corrected chi connectivity index (χ0v) is 13.8. The molecule has 2 rings (SSSR count). The molecule has 0 aromatic carbocycles. The molecule has 0 saturated carbocycles. The van der Waals surface area contributed by atoms with Crippen LogP contribution in [-0.2, 0) is 6.67 Å². The Morgan fingerprint density at radius 1 is 1.45 bits per heavy atom. The molecule has 0 bridgehead atoms. The molecule has 1 N–H and O–H groups in total. The topological polar surface area (TPSA) is 64.7 Å². The molecule has 2 heterocycles. The van der Waals surface area contributed by atoms with Gasteiger partial charge in [-0.25, -0.2) is 4.68 Å². The largest absolute Gasteiger partial charge is 0.350 e. The Balaban J connectivity index is 2.09. The van der Waals surface area contributed by atoms with E-state index in [1.807, 2.05) is 18.5 Å². The molecule has 0 radical (unpaired) electrons. The molecule has 108 valence electrons. The third-order valence-corrected chi connectivity index (χ3v) is 4.21. The molecule has 1 amide bonds. The van der Waals surface area contributed by atoms with E-state index < -0.39 is 0 Å². The summed E-state index contributed by atoms with van der Waals surface area (Å²) in [6.45, 7) is 4.91. The van der Waals surface area contributed by atoms with E-state index in [-0.39, 0.29) is 5.91 Å². The van der Waals surface area contributed by atoms with Crippen LogP contribution in [0.25, 0.3) is 0 Å². The fourth-order valence-corrected chi connectivity index (χ4v) is 2.17. The molecule has 20 heavy (non-hydrogen) atoms. The quantitative estimate of drug-likeness (QED) is 0.799. The summed E-state index contributed by atoms with van der Waals surface area (Å²) in [6.07, 6.45) is 1.76. The first kappa shape index (κ1) is 15.1. The van der Waals surface area contributed by atoms with E-state index in [1.165, 1.54) is 0 Å². The van der Waals surface area contributed by atoms with Gasteiger partial charge in [0.25, 0.3) is 5.91 Å². The normalized spacial score (nSPS) is 10.8. The predicted molar refractivity (Wildman–Crippen MR) is 83.2 cm³/mol. The second-order valence-corrected chi connectivity index (χ2v) is 5.59. The number of carbonyl (C=O) groups is 1.